The van der Waals surface area contributed by atoms with Crippen LogP contribution in [0.2, 0.25) is 0 Å². The fourth-order valence-electron chi connectivity index (χ4n) is 3.43. The van der Waals surface area contributed by atoms with Crippen molar-refractivity contribution in [1.29, 1.82) is 0 Å². The number of hydrogen-bond donors (Lipinski definition) is 0. The summed E-state index contributed by atoms with van der Waals surface area (Å²) in [4.78, 5) is 11.5. The highest BCUT2D eigenvalue weighted by molar-refractivity contribution is 5.42. The maximum absolute atomic E-state index is 4.79. The summed E-state index contributed by atoms with van der Waals surface area (Å²) in [6.45, 7) is 6.02. The molecular weight excluding hydrogens is 298 g/mol. The van der Waals surface area contributed by atoms with Crippen LogP contribution < -0.4 is 4.90 Å². The van der Waals surface area contributed by atoms with E-state index in [1.54, 1.807) is 6.20 Å². The first-order valence-corrected chi connectivity index (χ1v) is 8.36. The van der Waals surface area contributed by atoms with E-state index in [1.165, 1.54) is 5.56 Å². The lowest BCUT2D eigenvalue weighted by molar-refractivity contribution is 0.770. The van der Waals surface area contributed by atoms with Gasteiger partial charge in [0.15, 0.2) is 5.82 Å². The average molecular weight is 319 g/mol. The Balaban J connectivity index is 1.57. The van der Waals surface area contributed by atoms with E-state index in [4.69, 9.17) is 4.98 Å². The molecule has 0 spiro atoms. The van der Waals surface area contributed by atoms with Gasteiger partial charge < -0.3 is 4.90 Å². The molecule has 1 aliphatic rings. The maximum atomic E-state index is 4.79. The molecule has 1 fully saturated rings. The van der Waals surface area contributed by atoms with E-state index in [2.05, 4.69) is 51.4 Å². The zero-order chi connectivity index (χ0) is 16.5. The summed E-state index contributed by atoms with van der Waals surface area (Å²) in [6.07, 6.45) is 4.77. The first-order valence-electron chi connectivity index (χ1n) is 8.36. The Morgan fingerprint density at radius 3 is 2.58 bits per heavy atom. The third-order valence-electron chi connectivity index (χ3n) is 4.62. The van der Waals surface area contributed by atoms with E-state index in [0.29, 0.717) is 5.92 Å². The third-order valence-corrected chi connectivity index (χ3v) is 4.62. The maximum Gasteiger partial charge on any atom is 0.174 e. The van der Waals surface area contributed by atoms with E-state index in [1.807, 2.05) is 24.7 Å². The van der Waals surface area contributed by atoms with Crippen LogP contribution in [0.3, 0.4) is 0 Å². The van der Waals surface area contributed by atoms with Crippen LogP contribution in [0.25, 0.3) is 5.82 Å². The second-order valence-electron chi connectivity index (χ2n) is 6.42. The van der Waals surface area contributed by atoms with Gasteiger partial charge in [0.25, 0.3) is 0 Å². The summed E-state index contributed by atoms with van der Waals surface area (Å²) >= 11 is 0. The van der Waals surface area contributed by atoms with Gasteiger partial charge >= 0.3 is 0 Å². The van der Waals surface area contributed by atoms with Gasteiger partial charge in [-0.2, -0.15) is 5.10 Å². The molecule has 5 heteroatoms. The summed E-state index contributed by atoms with van der Waals surface area (Å²) in [5.41, 5.74) is 3.47. The highest BCUT2D eigenvalue weighted by Crippen LogP contribution is 2.29. The van der Waals surface area contributed by atoms with Gasteiger partial charge in [0, 0.05) is 24.7 Å². The summed E-state index contributed by atoms with van der Waals surface area (Å²) in [5, 5.41) is 4.51. The summed E-state index contributed by atoms with van der Waals surface area (Å²) in [6, 6.07) is 12.8. The molecule has 4 rings (SSSR count). The Labute approximate surface area is 142 Å². The van der Waals surface area contributed by atoms with Gasteiger partial charge in [-0.25, -0.2) is 9.67 Å². The predicted molar refractivity (Wildman–Crippen MR) is 94.6 cm³/mol. The van der Waals surface area contributed by atoms with Crippen LogP contribution in [0.15, 0.2) is 48.8 Å². The van der Waals surface area contributed by atoms with Crippen LogP contribution in [-0.2, 0) is 0 Å². The number of aromatic nitrogens is 4. The average Bonchev–Trinajstić information content (AvgIpc) is 3.22. The van der Waals surface area contributed by atoms with Gasteiger partial charge in [0.05, 0.1) is 18.1 Å². The molecule has 5 nitrogen and oxygen atoms in total. The predicted octanol–water partition coefficient (Wildman–Crippen LogP) is 3.27. The first-order chi connectivity index (χ1) is 11.7. The minimum Gasteiger partial charge on any atom is -0.355 e. The number of nitrogens with zero attached hydrogens (tertiary/aromatic N) is 5. The lowest BCUT2D eigenvalue weighted by Gasteiger charge is -2.18. The summed E-state index contributed by atoms with van der Waals surface area (Å²) < 4.78 is 1.86. The molecule has 0 N–H and O–H groups in total. The second-order valence-corrected chi connectivity index (χ2v) is 6.42. The SMILES string of the molecule is Cc1cc(C)n(-c2cncc(N3CCC(c4ccccc4)C3)n2)n1. The van der Waals surface area contributed by atoms with E-state index in [-0.39, 0.29) is 0 Å². The van der Waals surface area contributed by atoms with E-state index in [9.17, 15) is 0 Å². The van der Waals surface area contributed by atoms with Crippen molar-refractivity contribution < 1.29 is 0 Å². The molecule has 0 saturated carbocycles. The Morgan fingerprint density at radius 2 is 1.83 bits per heavy atom. The molecule has 0 amide bonds. The number of hydrogen-bond acceptors (Lipinski definition) is 4. The van der Waals surface area contributed by atoms with Crippen LogP contribution in [0.5, 0.6) is 0 Å². The number of rotatable bonds is 3. The molecule has 0 bridgehead atoms. The molecule has 24 heavy (non-hydrogen) atoms. The molecule has 0 aliphatic carbocycles. The smallest absolute Gasteiger partial charge is 0.174 e. The Hall–Kier alpha value is -2.69. The largest absolute Gasteiger partial charge is 0.355 e. The number of anilines is 1. The fourth-order valence-corrected chi connectivity index (χ4v) is 3.43. The molecule has 1 unspecified atom stereocenters. The van der Waals surface area contributed by atoms with Gasteiger partial charge in [-0.3, -0.25) is 4.98 Å². The van der Waals surface area contributed by atoms with Crippen LogP contribution in [0.1, 0.15) is 29.3 Å². The topological polar surface area (TPSA) is 46.8 Å². The molecule has 1 aliphatic heterocycles. The van der Waals surface area contributed by atoms with Gasteiger partial charge in [0.2, 0.25) is 0 Å². The standard InChI is InChI=1S/C19H21N5/c1-14-10-15(2)24(22-14)19-12-20-11-18(21-19)23-9-8-17(13-23)16-6-4-3-5-7-16/h3-7,10-12,17H,8-9,13H2,1-2H3. The number of benzene rings is 1. The van der Waals surface area contributed by atoms with Crippen molar-refractivity contribution in [2.75, 3.05) is 18.0 Å². The van der Waals surface area contributed by atoms with Crippen LogP contribution in [0, 0.1) is 13.8 Å². The molecule has 122 valence electrons. The monoisotopic (exact) mass is 319 g/mol. The van der Waals surface area contributed by atoms with Crippen molar-refractivity contribution in [2.24, 2.45) is 0 Å². The summed E-state index contributed by atoms with van der Waals surface area (Å²) in [5.74, 6) is 2.27. The van der Waals surface area contributed by atoms with Crippen LogP contribution in [-0.4, -0.2) is 32.8 Å². The lowest BCUT2D eigenvalue weighted by Crippen LogP contribution is -2.21. The van der Waals surface area contributed by atoms with Gasteiger partial charge in [0.1, 0.15) is 5.82 Å². The van der Waals surface area contributed by atoms with E-state index in [0.717, 1.165) is 42.5 Å². The molecular formula is C19H21N5. The van der Waals surface area contributed by atoms with Crippen LogP contribution >= 0.6 is 0 Å². The van der Waals surface area contributed by atoms with Crippen molar-refractivity contribution in [3.05, 3.63) is 65.7 Å². The molecule has 3 heterocycles. The van der Waals surface area contributed by atoms with Crippen molar-refractivity contribution >= 4 is 5.82 Å². The van der Waals surface area contributed by atoms with Crippen molar-refractivity contribution in [1.82, 2.24) is 19.7 Å². The quantitative estimate of drug-likeness (QED) is 0.743. The molecule has 1 atom stereocenters. The second kappa shape index (κ2) is 6.07. The molecule has 3 aromatic rings. The zero-order valence-electron chi connectivity index (χ0n) is 14.1. The van der Waals surface area contributed by atoms with Crippen LogP contribution in [0.4, 0.5) is 5.82 Å². The van der Waals surface area contributed by atoms with Crippen molar-refractivity contribution in [3.63, 3.8) is 0 Å². The Bertz CT molecular complexity index is 840. The number of aryl methyl sites for hydroxylation is 2. The minimum atomic E-state index is 0.561. The highest BCUT2D eigenvalue weighted by atomic mass is 15.3. The first kappa shape index (κ1) is 14.9. The molecule has 1 aromatic carbocycles. The zero-order valence-corrected chi connectivity index (χ0v) is 14.1. The normalized spacial score (nSPS) is 17.4. The molecule has 1 saturated heterocycles. The van der Waals surface area contributed by atoms with Gasteiger partial charge in [-0.15, -0.1) is 0 Å². The van der Waals surface area contributed by atoms with Crippen molar-refractivity contribution in [3.8, 4) is 5.82 Å². The Morgan fingerprint density at radius 1 is 1.04 bits per heavy atom. The minimum absolute atomic E-state index is 0.561. The molecule has 2 aromatic heterocycles. The van der Waals surface area contributed by atoms with E-state index >= 15 is 0 Å². The van der Waals surface area contributed by atoms with E-state index < -0.39 is 0 Å². The van der Waals surface area contributed by atoms with Crippen molar-refractivity contribution in [2.45, 2.75) is 26.2 Å². The third kappa shape index (κ3) is 2.77. The van der Waals surface area contributed by atoms with Gasteiger partial charge in [-0.05, 0) is 31.9 Å². The lowest BCUT2D eigenvalue weighted by atomic mass is 9.99. The highest BCUT2D eigenvalue weighted by Gasteiger charge is 2.25. The Kier molecular flexibility index (Phi) is 3.76. The summed E-state index contributed by atoms with van der Waals surface area (Å²) in [7, 11) is 0. The van der Waals surface area contributed by atoms with Gasteiger partial charge in [-0.1, -0.05) is 30.3 Å². The fraction of sp³-hybridized carbons (Fsp3) is 0.316. The molecule has 0 radical (unpaired) electrons.